The maximum absolute atomic E-state index is 11.2. The Labute approximate surface area is 153 Å². The zero-order valence-electron chi connectivity index (χ0n) is 13.4. The van der Waals surface area contributed by atoms with E-state index in [1.165, 1.54) is 31.4 Å². The van der Waals surface area contributed by atoms with Gasteiger partial charge in [0, 0.05) is 12.8 Å². The zero-order chi connectivity index (χ0) is 19.0. The molecule has 0 spiro atoms. The van der Waals surface area contributed by atoms with Crippen molar-refractivity contribution in [1.82, 2.24) is 25.7 Å². The minimum Gasteiger partial charge on any atom is -0.479 e. The van der Waals surface area contributed by atoms with Crippen LogP contribution in [0.4, 0.5) is 11.6 Å². The summed E-state index contributed by atoms with van der Waals surface area (Å²) in [6.07, 6.45) is 0. The average molecular weight is 404 g/mol. The number of methoxy groups -OCH3 is 1. The van der Waals surface area contributed by atoms with Gasteiger partial charge in [0.15, 0.2) is 0 Å². The number of nitrogens with one attached hydrogen (secondary N) is 3. The van der Waals surface area contributed by atoms with Gasteiger partial charge in [-0.25, -0.2) is 4.28 Å². The molecule has 0 atom stereocenters. The molecule has 0 aliphatic heterocycles. The fraction of sp³-hybridized carbons (Fsp3) is 0.250. The van der Waals surface area contributed by atoms with Crippen molar-refractivity contribution in [2.24, 2.45) is 0 Å². The van der Waals surface area contributed by atoms with Gasteiger partial charge in [-0.1, -0.05) is 6.07 Å². The first-order chi connectivity index (χ1) is 12.4. The Morgan fingerprint density at radius 3 is 2.81 bits per heavy atom. The van der Waals surface area contributed by atoms with Crippen molar-refractivity contribution in [3.05, 3.63) is 24.3 Å². The summed E-state index contributed by atoms with van der Waals surface area (Å²) in [5.74, 6) is -0.0476. The summed E-state index contributed by atoms with van der Waals surface area (Å²) < 4.78 is 41.2. The van der Waals surface area contributed by atoms with Gasteiger partial charge in [-0.3, -0.25) is 9.87 Å². The van der Waals surface area contributed by atoms with Crippen LogP contribution in [0.5, 0.6) is 6.01 Å². The first-order valence-electron chi connectivity index (χ1n) is 6.94. The zero-order valence-corrected chi connectivity index (χ0v) is 15.0. The van der Waals surface area contributed by atoms with Gasteiger partial charge < -0.3 is 15.2 Å². The summed E-state index contributed by atoms with van der Waals surface area (Å²) in [5.41, 5.74) is 2.84. The Balaban J connectivity index is 2.01. The van der Waals surface area contributed by atoms with Gasteiger partial charge in [-0.05, 0) is 18.2 Å². The third kappa shape index (κ3) is 6.68. The predicted octanol–water partition coefficient (Wildman–Crippen LogP) is 0.247. The maximum Gasteiger partial charge on any atom is 0.319 e. The molecule has 1 heterocycles. The molecule has 0 radical (unpaired) electrons. The minimum atomic E-state index is -4.35. The number of benzene rings is 1. The van der Waals surface area contributed by atoms with Crippen LogP contribution >= 0.6 is 12.0 Å². The van der Waals surface area contributed by atoms with Crippen LogP contribution in [0.15, 0.2) is 34.3 Å². The van der Waals surface area contributed by atoms with Crippen LogP contribution in [0.1, 0.15) is 0 Å². The molecule has 1 aromatic carbocycles. The normalized spacial score (nSPS) is 11.5. The molecule has 14 heteroatoms. The Kier molecular flexibility index (Phi) is 7.46. The van der Waals surface area contributed by atoms with Gasteiger partial charge >= 0.3 is 6.01 Å². The molecule has 0 saturated heterocycles. The van der Waals surface area contributed by atoms with E-state index in [-0.39, 0.29) is 21.7 Å². The maximum atomic E-state index is 11.2. The van der Waals surface area contributed by atoms with Gasteiger partial charge in [-0.15, -0.1) is 0 Å². The summed E-state index contributed by atoms with van der Waals surface area (Å²) in [4.78, 5) is 11.1. The van der Waals surface area contributed by atoms with Crippen molar-refractivity contribution in [2.75, 3.05) is 25.8 Å². The number of aromatic nitrogens is 3. The highest BCUT2D eigenvalue weighted by atomic mass is 32.2. The van der Waals surface area contributed by atoms with Crippen LogP contribution in [0.3, 0.4) is 0 Å². The van der Waals surface area contributed by atoms with Crippen LogP contribution in [0, 0.1) is 0 Å². The van der Waals surface area contributed by atoms with Gasteiger partial charge in [0.1, 0.15) is 0 Å². The Bertz CT molecular complexity index is 837. The Morgan fingerprint density at radius 1 is 1.27 bits per heavy atom. The van der Waals surface area contributed by atoms with Crippen LogP contribution in [0.2, 0.25) is 0 Å². The number of hydroxylamine groups is 1. The third-order valence-corrected chi connectivity index (χ3v) is 3.99. The fourth-order valence-electron chi connectivity index (χ4n) is 1.60. The SMILES string of the molecule is COCNCNOSc1nc(O)nc(Nc2cccc(S(=O)(=O)O)c2)n1. The van der Waals surface area contributed by atoms with Crippen molar-refractivity contribution in [3.8, 4) is 6.01 Å². The molecule has 0 fully saturated rings. The fourth-order valence-corrected chi connectivity index (χ4v) is 2.56. The largest absolute Gasteiger partial charge is 0.479 e. The highest BCUT2D eigenvalue weighted by molar-refractivity contribution is 7.94. The van der Waals surface area contributed by atoms with E-state index in [2.05, 4.69) is 31.1 Å². The molecule has 0 unspecified atom stereocenters. The lowest BCUT2D eigenvalue weighted by molar-refractivity contribution is 0.148. The number of anilines is 2. The summed E-state index contributed by atoms with van der Waals surface area (Å²) in [5, 5.41) is 15.2. The Hall–Kier alpha value is -2.07. The van der Waals surface area contributed by atoms with Gasteiger partial charge in [-0.2, -0.15) is 28.8 Å². The van der Waals surface area contributed by atoms with Crippen molar-refractivity contribution >= 4 is 33.8 Å². The van der Waals surface area contributed by atoms with E-state index in [9.17, 15) is 13.5 Å². The second-order valence-corrected chi connectivity index (χ2v) is 6.66. The van der Waals surface area contributed by atoms with Gasteiger partial charge in [0.05, 0.1) is 30.3 Å². The number of nitrogens with zero attached hydrogens (tertiary/aromatic N) is 3. The molecule has 5 N–H and O–H groups in total. The topological polar surface area (TPSA) is 168 Å². The quantitative estimate of drug-likeness (QED) is 0.120. The molecule has 26 heavy (non-hydrogen) atoms. The van der Waals surface area contributed by atoms with E-state index in [1.54, 1.807) is 0 Å². The van der Waals surface area contributed by atoms with E-state index in [1.807, 2.05) is 0 Å². The number of hydrogen-bond acceptors (Lipinski definition) is 12. The van der Waals surface area contributed by atoms with E-state index < -0.39 is 16.1 Å². The lowest BCUT2D eigenvalue weighted by Gasteiger charge is -2.08. The van der Waals surface area contributed by atoms with Crippen LogP contribution in [-0.4, -0.2) is 53.5 Å². The molecule has 2 rings (SSSR count). The monoisotopic (exact) mass is 404 g/mol. The molecule has 1 aromatic heterocycles. The number of ether oxygens (including phenoxy) is 1. The second kappa shape index (κ2) is 9.58. The summed E-state index contributed by atoms with van der Waals surface area (Å²) in [7, 11) is -2.81. The predicted molar refractivity (Wildman–Crippen MR) is 91.0 cm³/mol. The van der Waals surface area contributed by atoms with Gasteiger partial charge in [0.25, 0.3) is 10.1 Å². The molecular weight excluding hydrogens is 388 g/mol. The first-order valence-corrected chi connectivity index (χ1v) is 9.12. The summed E-state index contributed by atoms with van der Waals surface area (Å²) in [6, 6.07) is 4.80. The van der Waals surface area contributed by atoms with Crippen LogP contribution < -0.4 is 16.1 Å². The molecule has 12 nitrogen and oxygen atoms in total. The minimum absolute atomic E-state index is 0.0465. The van der Waals surface area contributed by atoms with E-state index in [4.69, 9.17) is 13.6 Å². The summed E-state index contributed by atoms with van der Waals surface area (Å²) in [6.45, 7) is 0.635. The van der Waals surface area contributed by atoms with Crippen molar-refractivity contribution in [3.63, 3.8) is 0 Å². The van der Waals surface area contributed by atoms with Crippen molar-refractivity contribution in [2.45, 2.75) is 10.1 Å². The summed E-state index contributed by atoms with van der Waals surface area (Å²) >= 11 is 0.735. The highest BCUT2D eigenvalue weighted by Gasteiger charge is 2.11. The van der Waals surface area contributed by atoms with Crippen LogP contribution in [-0.2, 0) is 19.1 Å². The molecule has 0 aliphatic carbocycles. The molecule has 0 aliphatic rings. The van der Waals surface area contributed by atoms with Crippen molar-refractivity contribution in [1.29, 1.82) is 0 Å². The van der Waals surface area contributed by atoms with Crippen LogP contribution in [0.25, 0.3) is 0 Å². The van der Waals surface area contributed by atoms with Crippen molar-refractivity contribution < 1.29 is 27.1 Å². The lowest BCUT2D eigenvalue weighted by Crippen LogP contribution is -2.28. The Morgan fingerprint density at radius 2 is 2.08 bits per heavy atom. The van der Waals surface area contributed by atoms with E-state index in [0.29, 0.717) is 13.4 Å². The molecule has 0 amide bonds. The molecule has 2 aromatic rings. The molecule has 142 valence electrons. The smallest absolute Gasteiger partial charge is 0.319 e. The standard InChI is InChI=1S/C12H16N6O6S2/c1-23-7-13-6-14-24-25-12-17-10(16-11(19)18-12)15-8-3-2-4-9(5-8)26(20,21)22/h2-5,13-14H,6-7H2,1H3,(H,20,21,22)(H2,15,16,17,18,19). The average Bonchev–Trinajstić information content (AvgIpc) is 2.57. The molecule has 0 saturated carbocycles. The lowest BCUT2D eigenvalue weighted by atomic mass is 10.3. The second-order valence-electron chi connectivity index (χ2n) is 4.54. The number of aromatic hydroxyl groups is 1. The molecule has 0 bridgehead atoms. The number of hydrogen-bond donors (Lipinski definition) is 5. The van der Waals surface area contributed by atoms with Gasteiger partial charge in [0.2, 0.25) is 11.1 Å². The molecular formula is C12H16N6O6S2. The van der Waals surface area contributed by atoms with E-state index >= 15 is 0 Å². The highest BCUT2D eigenvalue weighted by Crippen LogP contribution is 2.21. The number of rotatable bonds is 10. The third-order valence-electron chi connectivity index (χ3n) is 2.61. The van der Waals surface area contributed by atoms with E-state index in [0.717, 1.165) is 12.0 Å². The first kappa shape index (κ1) is 20.2.